The van der Waals surface area contributed by atoms with Gasteiger partial charge >= 0.3 is 0 Å². The molecule has 0 aromatic carbocycles. The van der Waals surface area contributed by atoms with Crippen LogP contribution in [0.5, 0.6) is 0 Å². The first-order valence-electron chi connectivity index (χ1n) is 5.17. The van der Waals surface area contributed by atoms with Crippen LogP contribution in [0.3, 0.4) is 0 Å². The Bertz CT molecular complexity index is 129. The van der Waals surface area contributed by atoms with E-state index in [1.165, 1.54) is 0 Å². The Kier molecular flexibility index (Phi) is 8.67. The van der Waals surface area contributed by atoms with Gasteiger partial charge in [-0.2, -0.15) is 11.8 Å². The van der Waals surface area contributed by atoms with Crippen molar-refractivity contribution in [2.24, 2.45) is 5.73 Å². The second-order valence-electron chi connectivity index (χ2n) is 3.49. The highest BCUT2D eigenvalue weighted by Crippen LogP contribution is 2.17. The molecule has 0 radical (unpaired) electrons. The van der Waals surface area contributed by atoms with Crippen LogP contribution >= 0.6 is 11.8 Å². The van der Waals surface area contributed by atoms with Crippen LogP contribution in [0.2, 0.25) is 0 Å². The fourth-order valence-electron chi connectivity index (χ4n) is 1.17. The van der Waals surface area contributed by atoms with Gasteiger partial charge in [-0.05, 0) is 25.0 Å². The predicted octanol–water partition coefficient (Wildman–Crippen LogP) is 1.25. The maximum atomic E-state index is 9.87. The van der Waals surface area contributed by atoms with Crippen LogP contribution in [-0.2, 0) is 4.74 Å². The van der Waals surface area contributed by atoms with Crippen molar-refractivity contribution in [3.8, 4) is 0 Å². The van der Waals surface area contributed by atoms with Crippen LogP contribution < -0.4 is 5.73 Å². The zero-order valence-corrected chi connectivity index (χ0v) is 10.1. The van der Waals surface area contributed by atoms with Gasteiger partial charge in [0.1, 0.15) is 0 Å². The summed E-state index contributed by atoms with van der Waals surface area (Å²) >= 11 is 1.86. The average Bonchev–Trinajstić information content (AvgIpc) is 2.23. The summed E-state index contributed by atoms with van der Waals surface area (Å²) in [6.45, 7) is 3.15. The van der Waals surface area contributed by atoms with Gasteiger partial charge in [-0.15, -0.1) is 0 Å². The highest BCUT2D eigenvalue weighted by Gasteiger charge is 2.21. The van der Waals surface area contributed by atoms with Gasteiger partial charge in [0.05, 0.1) is 12.2 Å². The summed E-state index contributed by atoms with van der Waals surface area (Å²) in [5.41, 5.74) is 4.87. The molecule has 0 bridgehead atoms. The minimum absolute atomic E-state index is 0.367. The van der Waals surface area contributed by atoms with Crippen molar-refractivity contribution < 1.29 is 9.84 Å². The number of rotatable bonds is 9. The fraction of sp³-hybridized carbons (Fsp3) is 1.00. The molecule has 0 rings (SSSR count). The molecule has 3 N–H and O–H groups in total. The van der Waals surface area contributed by atoms with Gasteiger partial charge < -0.3 is 15.6 Å². The zero-order chi connectivity index (χ0) is 10.9. The summed E-state index contributed by atoms with van der Waals surface area (Å²) in [6, 6.07) is 0. The van der Waals surface area contributed by atoms with Crippen molar-refractivity contribution in [3.05, 3.63) is 0 Å². The number of thioether (sulfide) groups is 1. The van der Waals surface area contributed by atoms with E-state index in [2.05, 4.69) is 0 Å². The summed E-state index contributed by atoms with van der Waals surface area (Å²) in [5.74, 6) is 2.11. The molecule has 0 fully saturated rings. The van der Waals surface area contributed by atoms with Crippen molar-refractivity contribution in [2.45, 2.75) is 31.8 Å². The van der Waals surface area contributed by atoms with E-state index in [0.29, 0.717) is 6.54 Å². The van der Waals surface area contributed by atoms with E-state index in [1.807, 2.05) is 18.7 Å². The molecule has 0 spiro atoms. The number of nitrogens with two attached hydrogens (primary N) is 1. The Morgan fingerprint density at radius 2 is 2.14 bits per heavy atom. The molecule has 4 heteroatoms. The molecule has 0 aliphatic heterocycles. The fourth-order valence-corrected chi connectivity index (χ4v) is 2.01. The minimum Gasteiger partial charge on any atom is -0.389 e. The highest BCUT2D eigenvalue weighted by atomic mass is 32.2. The van der Waals surface area contributed by atoms with Crippen LogP contribution in [0, 0.1) is 0 Å². The van der Waals surface area contributed by atoms with Crippen LogP contribution in [0.1, 0.15) is 26.2 Å². The van der Waals surface area contributed by atoms with Gasteiger partial charge in [-0.1, -0.05) is 6.92 Å². The number of hydrogen-bond donors (Lipinski definition) is 2. The maximum absolute atomic E-state index is 9.87. The maximum Gasteiger partial charge on any atom is 0.0767 e. The van der Waals surface area contributed by atoms with E-state index < -0.39 is 5.60 Å². The number of methoxy groups -OCH3 is 1. The lowest BCUT2D eigenvalue weighted by molar-refractivity contribution is 0.0360. The summed E-state index contributed by atoms with van der Waals surface area (Å²) in [5, 5.41) is 9.87. The third kappa shape index (κ3) is 6.65. The van der Waals surface area contributed by atoms with E-state index in [4.69, 9.17) is 10.5 Å². The molecule has 0 saturated carbocycles. The first-order chi connectivity index (χ1) is 6.68. The van der Waals surface area contributed by atoms with Crippen LogP contribution in [0.25, 0.3) is 0 Å². The molecule has 0 amide bonds. The zero-order valence-electron chi connectivity index (χ0n) is 9.29. The first-order valence-corrected chi connectivity index (χ1v) is 6.33. The Morgan fingerprint density at radius 3 is 2.64 bits per heavy atom. The number of aliphatic hydroxyl groups is 1. The van der Waals surface area contributed by atoms with E-state index in [1.54, 1.807) is 7.11 Å². The lowest BCUT2D eigenvalue weighted by Crippen LogP contribution is -2.36. The molecule has 0 saturated heterocycles. The molecule has 0 heterocycles. The first kappa shape index (κ1) is 14.2. The molecule has 86 valence electrons. The van der Waals surface area contributed by atoms with Crippen LogP contribution in [-0.4, -0.2) is 42.5 Å². The smallest absolute Gasteiger partial charge is 0.0767 e. The average molecular weight is 221 g/mol. The Balaban J connectivity index is 3.34. The summed E-state index contributed by atoms with van der Waals surface area (Å²) in [7, 11) is 1.71. The van der Waals surface area contributed by atoms with Crippen molar-refractivity contribution in [1.29, 1.82) is 0 Å². The molecule has 0 aromatic heterocycles. The third-order valence-corrected chi connectivity index (χ3v) is 3.43. The molecule has 3 nitrogen and oxygen atoms in total. The Labute approximate surface area is 91.4 Å². The molecule has 14 heavy (non-hydrogen) atoms. The lowest BCUT2D eigenvalue weighted by atomic mass is 9.95. The molecule has 1 unspecified atom stereocenters. The van der Waals surface area contributed by atoms with Crippen molar-refractivity contribution >= 4 is 11.8 Å². The summed E-state index contributed by atoms with van der Waals surface area (Å²) < 4.78 is 4.94. The van der Waals surface area contributed by atoms with Crippen molar-refractivity contribution in [3.63, 3.8) is 0 Å². The minimum atomic E-state index is -0.637. The number of ether oxygens (including phenoxy) is 1. The summed E-state index contributed by atoms with van der Waals surface area (Å²) in [6.07, 6.45) is 2.57. The van der Waals surface area contributed by atoms with E-state index in [0.717, 1.165) is 37.4 Å². The lowest BCUT2D eigenvalue weighted by Gasteiger charge is -2.24. The molecule has 1 atom stereocenters. The van der Waals surface area contributed by atoms with E-state index in [9.17, 15) is 5.11 Å². The van der Waals surface area contributed by atoms with Gasteiger partial charge in [-0.25, -0.2) is 0 Å². The van der Waals surface area contributed by atoms with Gasteiger partial charge in [-0.3, -0.25) is 0 Å². The predicted molar refractivity (Wildman–Crippen MR) is 62.7 cm³/mol. The van der Waals surface area contributed by atoms with Crippen LogP contribution in [0.15, 0.2) is 0 Å². The third-order valence-electron chi connectivity index (χ3n) is 2.40. The molecule has 0 aliphatic rings. The monoisotopic (exact) mass is 221 g/mol. The van der Waals surface area contributed by atoms with Crippen molar-refractivity contribution in [1.82, 2.24) is 0 Å². The summed E-state index contributed by atoms with van der Waals surface area (Å²) in [4.78, 5) is 0. The van der Waals surface area contributed by atoms with E-state index in [-0.39, 0.29) is 0 Å². The van der Waals surface area contributed by atoms with Gasteiger partial charge in [0.15, 0.2) is 0 Å². The Hall–Kier alpha value is 0.230. The largest absolute Gasteiger partial charge is 0.389 e. The number of hydrogen-bond acceptors (Lipinski definition) is 4. The highest BCUT2D eigenvalue weighted by molar-refractivity contribution is 7.99. The van der Waals surface area contributed by atoms with E-state index >= 15 is 0 Å². The SMILES string of the molecule is CCC(O)(CN)CCCSCCOC. The van der Waals surface area contributed by atoms with Crippen molar-refractivity contribution in [2.75, 3.05) is 31.8 Å². The quantitative estimate of drug-likeness (QED) is 0.575. The molecular formula is C10H23NO2S. The standard InChI is InChI=1S/C10H23NO2S/c1-3-10(12,9-11)5-4-7-14-8-6-13-2/h12H,3-9,11H2,1-2H3. The molecule has 0 aliphatic carbocycles. The second kappa shape index (κ2) is 8.53. The van der Waals surface area contributed by atoms with Crippen LogP contribution in [0.4, 0.5) is 0 Å². The van der Waals surface area contributed by atoms with Gasteiger partial charge in [0.2, 0.25) is 0 Å². The molecule has 0 aromatic rings. The normalized spacial score (nSPS) is 15.4. The molecular weight excluding hydrogens is 198 g/mol. The second-order valence-corrected chi connectivity index (χ2v) is 4.72. The topological polar surface area (TPSA) is 55.5 Å². The Morgan fingerprint density at radius 1 is 1.43 bits per heavy atom. The van der Waals surface area contributed by atoms with Gasteiger partial charge in [0, 0.05) is 19.4 Å². The van der Waals surface area contributed by atoms with Gasteiger partial charge in [0.25, 0.3) is 0 Å².